The SMILES string of the molecule is Cc1ccc(Br)cc1NC(=O)CCNC(=O)c1c(C)nn(C)c1Cl. The van der Waals surface area contributed by atoms with E-state index in [2.05, 4.69) is 31.7 Å². The Bertz CT molecular complexity index is 789. The second kappa shape index (κ2) is 7.81. The molecular weight excluding hydrogens is 396 g/mol. The number of carbonyl (C=O) groups is 2. The number of amides is 2. The summed E-state index contributed by atoms with van der Waals surface area (Å²) < 4.78 is 2.33. The molecule has 24 heavy (non-hydrogen) atoms. The Morgan fingerprint density at radius 3 is 2.67 bits per heavy atom. The van der Waals surface area contributed by atoms with Gasteiger partial charge >= 0.3 is 0 Å². The number of rotatable bonds is 5. The van der Waals surface area contributed by atoms with Crippen molar-refractivity contribution in [2.24, 2.45) is 7.05 Å². The van der Waals surface area contributed by atoms with Gasteiger partial charge < -0.3 is 10.6 Å². The van der Waals surface area contributed by atoms with Crippen LogP contribution in [-0.4, -0.2) is 28.1 Å². The summed E-state index contributed by atoms with van der Waals surface area (Å²) in [6.07, 6.45) is 0.161. The number of carbonyl (C=O) groups excluding carboxylic acids is 2. The van der Waals surface area contributed by atoms with Gasteiger partial charge in [0.1, 0.15) is 5.15 Å². The molecule has 0 aliphatic rings. The average molecular weight is 414 g/mol. The molecule has 0 saturated heterocycles. The molecule has 0 aliphatic carbocycles. The van der Waals surface area contributed by atoms with Crippen LogP contribution in [0.2, 0.25) is 5.15 Å². The lowest BCUT2D eigenvalue weighted by Gasteiger charge is -2.09. The fraction of sp³-hybridized carbons (Fsp3) is 0.312. The van der Waals surface area contributed by atoms with Gasteiger partial charge in [-0.15, -0.1) is 0 Å². The maximum Gasteiger partial charge on any atom is 0.256 e. The summed E-state index contributed by atoms with van der Waals surface area (Å²) in [5, 5.41) is 9.88. The Morgan fingerprint density at radius 1 is 1.33 bits per heavy atom. The topological polar surface area (TPSA) is 76.0 Å². The van der Waals surface area contributed by atoms with Crippen LogP contribution >= 0.6 is 27.5 Å². The largest absolute Gasteiger partial charge is 0.351 e. The van der Waals surface area contributed by atoms with E-state index in [0.717, 1.165) is 15.7 Å². The van der Waals surface area contributed by atoms with Gasteiger partial charge in [-0.3, -0.25) is 14.3 Å². The quantitative estimate of drug-likeness (QED) is 0.790. The monoisotopic (exact) mass is 412 g/mol. The van der Waals surface area contributed by atoms with E-state index < -0.39 is 0 Å². The Balaban J connectivity index is 1.88. The molecule has 2 amide bonds. The van der Waals surface area contributed by atoms with Crippen molar-refractivity contribution in [3.8, 4) is 0 Å². The van der Waals surface area contributed by atoms with Gasteiger partial charge in [-0.1, -0.05) is 33.6 Å². The van der Waals surface area contributed by atoms with Crippen molar-refractivity contribution < 1.29 is 9.59 Å². The second-order valence-electron chi connectivity index (χ2n) is 5.39. The fourth-order valence-corrected chi connectivity index (χ4v) is 2.83. The average Bonchev–Trinajstić information content (AvgIpc) is 2.76. The molecule has 0 aliphatic heterocycles. The molecule has 0 spiro atoms. The number of hydrogen-bond donors (Lipinski definition) is 2. The van der Waals surface area contributed by atoms with Gasteiger partial charge in [0.15, 0.2) is 0 Å². The van der Waals surface area contributed by atoms with E-state index in [9.17, 15) is 9.59 Å². The minimum absolute atomic E-state index is 0.161. The number of halogens is 2. The highest BCUT2D eigenvalue weighted by molar-refractivity contribution is 9.10. The Morgan fingerprint density at radius 2 is 2.04 bits per heavy atom. The van der Waals surface area contributed by atoms with Gasteiger partial charge in [-0.05, 0) is 31.5 Å². The number of anilines is 1. The van der Waals surface area contributed by atoms with Crippen molar-refractivity contribution >= 4 is 45.0 Å². The van der Waals surface area contributed by atoms with E-state index in [-0.39, 0.29) is 29.9 Å². The zero-order chi connectivity index (χ0) is 17.9. The van der Waals surface area contributed by atoms with Crippen LogP contribution < -0.4 is 10.6 Å². The van der Waals surface area contributed by atoms with Crippen LogP contribution in [0.3, 0.4) is 0 Å². The molecule has 0 saturated carbocycles. The number of benzene rings is 1. The molecule has 1 aromatic carbocycles. The Hall–Kier alpha value is -1.86. The van der Waals surface area contributed by atoms with E-state index in [0.29, 0.717) is 11.3 Å². The summed E-state index contributed by atoms with van der Waals surface area (Å²) in [5.41, 5.74) is 2.59. The van der Waals surface area contributed by atoms with Crippen molar-refractivity contribution in [1.29, 1.82) is 0 Å². The summed E-state index contributed by atoms with van der Waals surface area (Å²) in [5.74, 6) is -0.512. The van der Waals surface area contributed by atoms with E-state index in [1.54, 1.807) is 14.0 Å². The zero-order valence-corrected chi connectivity index (χ0v) is 16.0. The first-order valence-corrected chi connectivity index (χ1v) is 8.50. The molecule has 0 atom stereocenters. The van der Waals surface area contributed by atoms with Crippen molar-refractivity contribution in [2.45, 2.75) is 20.3 Å². The summed E-state index contributed by atoms with van der Waals surface area (Å²) in [6, 6.07) is 5.66. The maximum atomic E-state index is 12.2. The molecule has 2 aromatic rings. The molecule has 1 heterocycles. The van der Waals surface area contributed by atoms with Gasteiger partial charge in [0, 0.05) is 30.2 Å². The second-order valence-corrected chi connectivity index (χ2v) is 6.66. The fourth-order valence-electron chi connectivity index (χ4n) is 2.21. The lowest BCUT2D eigenvalue weighted by Crippen LogP contribution is -2.28. The highest BCUT2D eigenvalue weighted by Crippen LogP contribution is 2.21. The van der Waals surface area contributed by atoms with Crippen LogP contribution in [0.15, 0.2) is 22.7 Å². The minimum atomic E-state index is -0.336. The predicted octanol–water partition coefficient (Wildman–Crippen LogP) is 3.21. The van der Waals surface area contributed by atoms with Crippen molar-refractivity contribution in [3.63, 3.8) is 0 Å². The van der Waals surface area contributed by atoms with Gasteiger partial charge in [-0.25, -0.2) is 0 Å². The van der Waals surface area contributed by atoms with E-state index in [4.69, 9.17) is 11.6 Å². The zero-order valence-electron chi connectivity index (χ0n) is 13.6. The first kappa shape index (κ1) is 18.5. The molecule has 0 unspecified atom stereocenters. The molecule has 2 N–H and O–H groups in total. The molecule has 0 bridgehead atoms. The maximum absolute atomic E-state index is 12.2. The molecule has 1 aromatic heterocycles. The number of nitrogens with zero attached hydrogens (tertiary/aromatic N) is 2. The molecule has 128 valence electrons. The number of aromatic nitrogens is 2. The number of hydrogen-bond acceptors (Lipinski definition) is 3. The molecule has 0 fully saturated rings. The van der Waals surface area contributed by atoms with Crippen molar-refractivity contribution in [1.82, 2.24) is 15.1 Å². The third-order valence-electron chi connectivity index (χ3n) is 3.49. The predicted molar refractivity (Wildman–Crippen MR) is 97.4 cm³/mol. The molecular formula is C16H18BrClN4O2. The molecule has 2 rings (SSSR count). The molecule has 0 radical (unpaired) electrons. The van der Waals surface area contributed by atoms with E-state index in [1.165, 1.54) is 4.68 Å². The van der Waals surface area contributed by atoms with Crippen LogP contribution in [0.1, 0.15) is 28.0 Å². The van der Waals surface area contributed by atoms with Crippen molar-refractivity contribution in [2.75, 3.05) is 11.9 Å². The normalized spacial score (nSPS) is 10.5. The summed E-state index contributed by atoms with van der Waals surface area (Å²) >= 11 is 9.42. The third kappa shape index (κ3) is 4.36. The van der Waals surface area contributed by atoms with Crippen molar-refractivity contribution in [3.05, 3.63) is 44.6 Å². The smallest absolute Gasteiger partial charge is 0.256 e. The highest BCUT2D eigenvalue weighted by Gasteiger charge is 2.18. The van der Waals surface area contributed by atoms with Gasteiger partial charge in [0.25, 0.3) is 5.91 Å². The number of aryl methyl sites for hydroxylation is 3. The summed E-state index contributed by atoms with van der Waals surface area (Å²) in [4.78, 5) is 24.2. The molecule has 6 nitrogen and oxygen atoms in total. The van der Waals surface area contributed by atoms with E-state index in [1.807, 2.05) is 25.1 Å². The van der Waals surface area contributed by atoms with Gasteiger partial charge in [-0.2, -0.15) is 5.10 Å². The Labute approximate surface area is 153 Å². The lowest BCUT2D eigenvalue weighted by molar-refractivity contribution is -0.116. The highest BCUT2D eigenvalue weighted by atomic mass is 79.9. The van der Waals surface area contributed by atoms with Crippen LogP contribution in [0.25, 0.3) is 0 Å². The summed E-state index contributed by atoms with van der Waals surface area (Å²) in [7, 11) is 1.67. The number of nitrogens with one attached hydrogen (secondary N) is 2. The van der Waals surface area contributed by atoms with Crippen LogP contribution in [0, 0.1) is 13.8 Å². The van der Waals surface area contributed by atoms with E-state index >= 15 is 0 Å². The van der Waals surface area contributed by atoms with Gasteiger partial charge in [0.2, 0.25) is 5.91 Å². The standard InChI is InChI=1S/C16H18BrClN4O2/c1-9-4-5-11(17)8-12(9)20-13(23)6-7-19-16(24)14-10(2)21-22(3)15(14)18/h4-5,8H,6-7H2,1-3H3,(H,19,24)(H,20,23). The first-order chi connectivity index (χ1) is 11.3. The first-order valence-electron chi connectivity index (χ1n) is 7.33. The lowest BCUT2D eigenvalue weighted by atomic mass is 10.2. The third-order valence-corrected chi connectivity index (χ3v) is 4.42. The molecule has 8 heteroatoms. The van der Waals surface area contributed by atoms with Crippen LogP contribution in [0.5, 0.6) is 0 Å². The summed E-state index contributed by atoms with van der Waals surface area (Å²) in [6.45, 7) is 3.84. The van der Waals surface area contributed by atoms with Crippen LogP contribution in [0.4, 0.5) is 5.69 Å². The van der Waals surface area contributed by atoms with Crippen LogP contribution in [-0.2, 0) is 11.8 Å². The minimum Gasteiger partial charge on any atom is -0.351 e. The Kier molecular flexibility index (Phi) is 6.01. The van der Waals surface area contributed by atoms with Gasteiger partial charge in [0.05, 0.1) is 11.3 Å².